The van der Waals surface area contributed by atoms with E-state index in [4.69, 9.17) is 5.41 Å². The number of fused-ring (bicyclic) bond motifs is 1. The Labute approximate surface area is 128 Å². The van der Waals surface area contributed by atoms with E-state index in [0.29, 0.717) is 5.84 Å². The van der Waals surface area contributed by atoms with Crippen LogP contribution in [0.5, 0.6) is 0 Å². The minimum Gasteiger partial charge on any atom is -0.352 e. The third-order valence-corrected chi connectivity index (χ3v) is 3.53. The van der Waals surface area contributed by atoms with Gasteiger partial charge in [0, 0.05) is 18.7 Å². The average Bonchev–Trinajstić information content (AvgIpc) is 2.76. The Morgan fingerprint density at radius 1 is 1.05 bits per heavy atom. The standard InChI is InChI=1S/C16H15FN2.BrH/c17-14-7-5-12(6-8-14)9-10-19-11-13-3-1-2-4-15(13)16(19)18;/h1-8,18H,9-11H2;1H. The number of benzene rings is 2. The molecular formula is C16H16BrFN2. The zero-order chi connectivity index (χ0) is 13.2. The molecular weight excluding hydrogens is 319 g/mol. The summed E-state index contributed by atoms with van der Waals surface area (Å²) in [5.41, 5.74) is 3.35. The lowest BCUT2D eigenvalue weighted by atomic mass is 10.1. The second-order valence-corrected chi connectivity index (χ2v) is 4.80. The van der Waals surface area contributed by atoms with Crippen LogP contribution in [-0.2, 0) is 13.0 Å². The fourth-order valence-electron chi connectivity index (χ4n) is 2.45. The molecule has 1 N–H and O–H groups in total. The van der Waals surface area contributed by atoms with Crippen LogP contribution in [0.3, 0.4) is 0 Å². The fourth-order valence-corrected chi connectivity index (χ4v) is 2.45. The largest absolute Gasteiger partial charge is 0.352 e. The number of nitrogens with zero attached hydrogens (tertiary/aromatic N) is 1. The summed E-state index contributed by atoms with van der Waals surface area (Å²) in [5.74, 6) is 0.391. The molecule has 2 nitrogen and oxygen atoms in total. The summed E-state index contributed by atoms with van der Waals surface area (Å²) >= 11 is 0. The minimum atomic E-state index is -0.204. The van der Waals surface area contributed by atoms with Crippen LogP contribution in [0.2, 0.25) is 0 Å². The maximum atomic E-state index is 12.8. The maximum absolute atomic E-state index is 12.8. The van der Waals surface area contributed by atoms with Crippen molar-refractivity contribution in [2.45, 2.75) is 13.0 Å². The molecule has 2 aromatic carbocycles. The molecule has 0 fully saturated rings. The average molecular weight is 335 g/mol. The van der Waals surface area contributed by atoms with Crippen LogP contribution in [0.1, 0.15) is 16.7 Å². The third kappa shape index (κ3) is 2.90. The van der Waals surface area contributed by atoms with Crippen LogP contribution in [0.4, 0.5) is 4.39 Å². The smallest absolute Gasteiger partial charge is 0.128 e. The van der Waals surface area contributed by atoms with Crippen molar-refractivity contribution < 1.29 is 4.39 Å². The van der Waals surface area contributed by atoms with E-state index >= 15 is 0 Å². The van der Waals surface area contributed by atoms with Crippen molar-refractivity contribution >= 4 is 22.8 Å². The summed E-state index contributed by atoms with van der Waals surface area (Å²) in [5, 5.41) is 8.15. The van der Waals surface area contributed by atoms with E-state index in [9.17, 15) is 4.39 Å². The lowest BCUT2D eigenvalue weighted by molar-refractivity contribution is 0.432. The van der Waals surface area contributed by atoms with E-state index in [0.717, 1.165) is 30.6 Å². The van der Waals surface area contributed by atoms with Gasteiger partial charge in [-0.25, -0.2) is 4.39 Å². The normalized spacial score (nSPS) is 13.1. The van der Waals surface area contributed by atoms with Gasteiger partial charge in [-0.3, -0.25) is 5.41 Å². The van der Waals surface area contributed by atoms with Crippen molar-refractivity contribution in [2.75, 3.05) is 6.54 Å². The summed E-state index contributed by atoms with van der Waals surface area (Å²) in [4.78, 5) is 2.06. The molecule has 3 rings (SSSR count). The first-order valence-corrected chi connectivity index (χ1v) is 6.40. The van der Waals surface area contributed by atoms with Gasteiger partial charge in [-0.05, 0) is 29.7 Å². The van der Waals surface area contributed by atoms with Crippen LogP contribution in [0, 0.1) is 11.2 Å². The van der Waals surface area contributed by atoms with E-state index in [-0.39, 0.29) is 22.8 Å². The Kier molecular flexibility index (Phi) is 4.55. The number of hydrogen-bond donors (Lipinski definition) is 1. The van der Waals surface area contributed by atoms with Gasteiger partial charge in [0.1, 0.15) is 11.7 Å². The first kappa shape index (κ1) is 14.7. The first-order chi connectivity index (χ1) is 9.24. The molecule has 0 saturated carbocycles. The zero-order valence-electron chi connectivity index (χ0n) is 11.0. The van der Waals surface area contributed by atoms with E-state index < -0.39 is 0 Å². The molecule has 1 aliphatic heterocycles. The van der Waals surface area contributed by atoms with E-state index in [1.165, 1.54) is 17.7 Å². The molecule has 0 spiro atoms. The highest BCUT2D eigenvalue weighted by atomic mass is 79.9. The molecule has 0 amide bonds. The van der Waals surface area contributed by atoms with Gasteiger partial charge in [-0.2, -0.15) is 0 Å². The Morgan fingerprint density at radius 2 is 1.75 bits per heavy atom. The summed E-state index contributed by atoms with van der Waals surface area (Å²) in [6.45, 7) is 1.59. The van der Waals surface area contributed by atoms with Gasteiger partial charge in [0.25, 0.3) is 0 Å². The molecule has 0 aliphatic carbocycles. The second-order valence-electron chi connectivity index (χ2n) is 4.80. The summed E-state index contributed by atoms with van der Waals surface area (Å²) in [6, 6.07) is 14.6. The molecule has 4 heteroatoms. The predicted molar refractivity (Wildman–Crippen MR) is 84.1 cm³/mol. The van der Waals surface area contributed by atoms with Crippen LogP contribution in [-0.4, -0.2) is 17.3 Å². The molecule has 104 valence electrons. The molecule has 0 saturated heterocycles. The van der Waals surface area contributed by atoms with Crippen molar-refractivity contribution in [1.82, 2.24) is 4.90 Å². The Hall–Kier alpha value is -1.68. The third-order valence-electron chi connectivity index (χ3n) is 3.53. The van der Waals surface area contributed by atoms with Gasteiger partial charge in [0.05, 0.1) is 0 Å². The van der Waals surface area contributed by atoms with Gasteiger partial charge in [-0.15, -0.1) is 17.0 Å². The van der Waals surface area contributed by atoms with Crippen molar-refractivity contribution in [1.29, 1.82) is 5.41 Å². The lowest BCUT2D eigenvalue weighted by Crippen LogP contribution is -2.26. The van der Waals surface area contributed by atoms with E-state index in [1.54, 1.807) is 0 Å². The van der Waals surface area contributed by atoms with Gasteiger partial charge in [0.2, 0.25) is 0 Å². The fraction of sp³-hybridized carbons (Fsp3) is 0.188. The van der Waals surface area contributed by atoms with Gasteiger partial charge >= 0.3 is 0 Å². The van der Waals surface area contributed by atoms with E-state index in [1.807, 2.05) is 30.3 Å². The molecule has 0 aromatic heterocycles. The number of nitrogens with one attached hydrogen (secondary N) is 1. The van der Waals surface area contributed by atoms with Crippen LogP contribution in [0.25, 0.3) is 0 Å². The highest BCUT2D eigenvalue weighted by Gasteiger charge is 2.22. The molecule has 20 heavy (non-hydrogen) atoms. The zero-order valence-corrected chi connectivity index (χ0v) is 12.7. The quantitative estimate of drug-likeness (QED) is 0.908. The molecule has 1 heterocycles. The van der Waals surface area contributed by atoms with Gasteiger partial charge in [0.15, 0.2) is 0 Å². The lowest BCUT2D eigenvalue weighted by Gasteiger charge is -2.17. The maximum Gasteiger partial charge on any atom is 0.128 e. The van der Waals surface area contributed by atoms with Gasteiger partial charge < -0.3 is 4.90 Å². The topological polar surface area (TPSA) is 27.1 Å². The van der Waals surface area contributed by atoms with Crippen LogP contribution in [0.15, 0.2) is 48.5 Å². The Morgan fingerprint density at radius 3 is 2.45 bits per heavy atom. The monoisotopic (exact) mass is 334 g/mol. The molecule has 2 aromatic rings. The molecule has 0 atom stereocenters. The van der Waals surface area contributed by atoms with Crippen molar-refractivity contribution in [3.8, 4) is 0 Å². The first-order valence-electron chi connectivity index (χ1n) is 6.40. The number of halogens is 2. The summed E-state index contributed by atoms with van der Waals surface area (Å²) in [7, 11) is 0. The highest BCUT2D eigenvalue weighted by molar-refractivity contribution is 8.93. The molecule has 1 aliphatic rings. The number of amidine groups is 1. The highest BCUT2D eigenvalue weighted by Crippen LogP contribution is 2.22. The molecule has 0 bridgehead atoms. The number of hydrogen-bond acceptors (Lipinski definition) is 1. The number of rotatable bonds is 3. The minimum absolute atomic E-state index is 0. The molecule has 0 radical (unpaired) electrons. The van der Waals surface area contributed by atoms with Crippen LogP contribution >= 0.6 is 17.0 Å². The van der Waals surface area contributed by atoms with Crippen molar-refractivity contribution in [3.05, 3.63) is 71.0 Å². The summed E-state index contributed by atoms with van der Waals surface area (Å²) in [6.07, 6.45) is 0.830. The van der Waals surface area contributed by atoms with Crippen molar-refractivity contribution in [2.24, 2.45) is 0 Å². The predicted octanol–water partition coefficient (Wildman–Crippen LogP) is 3.79. The Balaban J connectivity index is 0.00000147. The summed E-state index contributed by atoms with van der Waals surface area (Å²) < 4.78 is 12.8. The van der Waals surface area contributed by atoms with Crippen LogP contribution < -0.4 is 0 Å². The Bertz CT molecular complexity index is 610. The van der Waals surface area contributed by atoms with E-state index in [2.05, 4.69) is 11.0 Å². The SMILES string of the molecule is Br.N=C1c2ccccc2CN1CCc1ccc(F)cc1. The second kappa shape index (κ2) is 6.18. The van der Waals surface area contributed by atoms with Gasteiger partial charge in [-0.1, -0.05) is 36.4 Å². The van der Waals surface area contributed by atoms with Crippen molar-refractivity contribution in [3.63, 3.8) is 0 Å². The molecule has 0 unspecified atom stereocenters.